The molecule has 2 aromatic rings. The molecule has 0 spiro atoms. The van der Waals surface area contributed by atoms with Gasteiger partial charge in [0.15, 0.2) is 23.0 Å². The van der Waals surface area contributed by atoms with Crippen LogP contribution in [0, 0.1) is 17.8 Å². The molecule has 0 aromatic heterocycles. The van der Waals surface area contributed by atoms with E-state index in [9.17, 15) is 9.59 Å². The lowest BCUT2D eigenvalue weighted by Crippen LogP contribution is -2.53. The number of fused-ring (bicyclic) bond motifs is 2. The first-order valence-corrected chi connectivity index (χ1v) is 15.4. The summed E-state index contributed by atoms with van der Waals surface area (Å²) in [4.78, 5) is 31.4. The number of benzene rings is 2. The number of allylic oxidation sites excluding steroid dienone is 2. The van der Waals surface area contributed by atoms with Crippen LogP contribution in [0.3, 0.4) is 0 Å². The Balaban J connectivity index is 1.23. The normalized spacial score (nSPS) is 26.6. The molecular formula is C34H38N2O6. The predicted octanol–water partition coefficient (Wildman–Crippen LogP) is 5.38. The summed E-state index contributed by atoms with van der Waals surface area (Å²) in [5.41, 5.74) is 2.03. The van der Waals surface area contributed by atoms with Crippen LogP contribution in [0.2, 0.25) is 0 Å². The summed E-state index contributed by atoms with van der Waals surface area (Å²) < 4.78 is 22.4. The fourth-order valence-electron chi connectivity index (χ4n) is 7.15. The molecule has 4 atom stereocenters. The van der Waals surface area contributed by atoms with Gasteiger partial charge in [0.2, 0.25) is 25.4 Å². The van der Waals surface area contributed by atoms with Crippen LogP contribution in [0.25, 0.3) is 6.08 Å². The molecule has 0 radical (unpaired) electrons. The molecule has 220 valence electrons. The van der Waals surface area contributed by atoms with Gasteiger partial charge in [-0.05, 0) is 91.8 Å². The van der Waals surface area contributed by atoms with Crippen LogP contribution in [0.5, 0.6) is 23.0 Å². The SMILES string of the molecule is O=C(/C=C/[C@H]1[C@@H](/C=C/c2ccc3c(c2)OCO3)[C@H](C(=O)N2CCCCC2)[C@@H]1c1ccc2c(c1)OCO2)N1CCCCC1. The van der Waals surface area contributed by atoms with E-state index in [0.29, 0.717) is 5.75 Å². The third-order valence-corrected chi connectivity index (χ3v) is 9.43. The Morgan fingerprint density at radius 1 is 0.667 bits per heavy atom. The van der Waals surface area contributed by atoms with Crippen molar-refractivity contribution in [3.8, 4) is 23.0 Å². The molecule has 0 N–H and O–H groups in total. The number of piperidine rings is 2. The number of amides is 2. The fraction of sp³-hybridized carbons (Fsp3) is 0.471. The van der Waals surface area contributed by atoms with Crippen LogP contribution < -0.4 is 18.9 Å². The van der Waals surface area contributed by atoms with Crippen molar-refractivity contribution in [1.82, 2.24) is 9.80 Å². The van der Waals surface area contributed by atoms with E-state index in [2.05, 4.69) is 24.3 Å². The monoisotopic (exact) mass is 570 g/mol. The average molecular weight is 571 g/mol. The molecule has 0 bridgehead atoms. The number of likely N-dealkylation sites (tertiary alicyclic amines) is 2. The average Bonchev–Trinajstić information content (AvgIpc) is 3.70. The lowest BCUT2D eigenvalue weighted by atomic mass is 9.53. The van der Waals surface area contributed by atoms with Crippen LogP contribution in [0.4, 0.5) is 0 Å². The molecule has 8 heteroatoms. The Labute approximate surface area is 246 Å². The van der Waals surface area contributed by atoms with Crippen molar-refractivity contribution in [2.24, 2.45) is 17.8 Å². The second kappa shape index (κ2) is 11.7. The second-order valence-electron chi connectivity index (χ2n) is 11.9. The molecule has 3 fully saturated rings. The zero-order chi connectivity index (χ0) is 28.5. The van der Waals surface area contributed by atoms with Gasteiger partial charge in [-0.25, -0.2) is 0 Å². The van der Waals surface area contributed by atoms with E-state index in [1.807, 2.05) is 40.1 Å². The maximum Gasteiger partial charge on any atom is 0.246 e. The topological polar surface area (TPSA) is 77.5 Å². The molecule has 7 rings (SSSR count). The van der Waals surface area contributed by atoms with E-state index in [1.165, 1.54) is 6.42 Å². The van der Waals surface area contributed by atoms with E-state index >= 15 is 0 Å². The molecule has 1 saturated carbocycles. The van der Waals surface area contributed by atoms with E-state index in [-0.39, 0.29) is 49.1 Å². The molecule has 2 amide bonds. The van der Waals surface area contributed by atoms with E-state index in [1.54, 1.807) is 6.08 Å². The van der Waals surface area contributed by atoms with Crippen molar-refractivity contribution in [2.75, 3.05) is 39.8 Å². The molecule has 5 aliphatic rings. The van der Waals surface area contributed by atoms with Crippen LogP contribution in [0.1, 0.15) is 55.6 Å². The maximum atomic E-state index is 14.2. The van der Waals surface area contributed by atoms with Gasteiger partial charge in [-0.2, -0.15) is 0 Å². The van der Waals surface area contributed by atoms with Gasteiger partial charge in [0.1, 0.15) is 0 Å². The van der Waals surface area contributed by atoms with Gasteiger partial charge < -0.3 is 28.7 Å². The molecule has 8 nitrogen and oxygen atoms in total. The van der Waals surface area contributed by atoms with E-state index in [4.69, 9.17) is 18.9 Å². The first kappa shape index (κ1) is 26.9. The fourth-order valence-corrected chi connectivity index (χ4v) is 7.15. The molecular weight excluding hydrogens is 532 g/mol. The molecule has 2 saturated heterocycles. The zero-order valence-corrected chi connectivity index (χ0v) is 23.9. The van der Waals surface area contributed by atoms with E-state index < -0.39 is 0 Å². The van der Waals surface area contributed by atoms with Crippen molar-refractivity contribution < 1.29 is 28.5 Å². The predicted molar refractivity (Wildman–Crippen MR) is 157 cm³/mol. The Hall–Kier alpha value is -3.94. The molecule has 4 aliphatic heterocycles. The zero-order valence-electron chi connectivity index (χ0n) is 23.9. The minimum atomic E-state index is -0.242. The Morgan fingerprint density at radius 3 is 2.00 bits per heavy atom. The Morgan fingerprint density at radius 2 is 1.29 bits per heavy atom. The number of ether oxygens (including phenoxy) is 4. The molecule has 0 unspecified atom stereocenters. The number of rotatable bonds is 6. The summed E-state index contributed by atoms with van der Waals surface area (Å²) in [6.07, 6.45) is 14.6. The number of nitrogens with zero attached hydrogens (tertiary/aromatic N) is 2. The number of hydrogen-bond acceptors (Lipinski definition) is 6. The summed E-state index contributed by atoms with van der Waals surface area (Å²) in [6, 6.07) is 11.9. The highest BCUT2D eigenvalue weighted by Crippen LogP contribution is 2.56. The van der Waals surface area contributed by atoms with Gasteiger partial charge in [-0.1, -0.05) is 30.4 Å². The summed E-state index contributed by atoms with van der Waals surface area (Å²) in [6.45, 7) is 3.65. The minimum Gasteiger partial charge on any atom is -0.454 e. The van der Waals surface area contributed by atoms with Gasteiger partial charge >= 0.3 is 0 Å². The highest BCUT2D eigenvalue weighted by atomic mass is 16.7. The van der Waals surface area contributed by atoms with Crippen molar-refractivity contribution in [1.29, 1.82) is 0 Å². The third-order valence-electron chi connectivity index (χ3n) is 9.43. The van der Waals surface area contributed by atoms with Gasteiger partial charge in [0.25, 0.3) is 0 Å². The quantitative estimate of drug-likeness (QED) is 0.434. The Kier molecular flexibility index (Phi) is 7.53. The van der Waals surface area contributed by atoms with Crippen LogP contribution >= 0.6 is 0 Å². The standard InChI is InChI=1S/C34H38N2O6/c37-31(35-15-3-1-4-16-35)14-11-25-26(10-7-23-8-12-27-29(19-23)41-21-39-27)33(34(38)36-17-5-2-6-18-36)32(25)24-9-13-28-30(20-24)42-22-40-28/h7-14,19-20,25-26,32-33H,1-6,15-18,21-22H2/b10-7+,14-11+/t25-,26+,32+,33-/m0/s1. The van der Waals surface area contributed by atoms with E-state index in [0.717, 1.165) is 86.7 Å². The molecule has 2 aromatic carbocycles. The molecule has 42 heavy (non-hydrogen) atoms. The van der Waals surface area contributed by atoms with Crippen LogP contribution in [-0.4, -0.2) is 61.4 Å². The largest absolute Gasteiger partial charge is 0.454 e. The summed E-state index contributed by atoms with van der Waals surface area (Å²) in [5.74, 6) is 2.76. The first-order chi connectivity index (χ1) is 20.7. The van der Waals surface area contributed by atoms with Crippen molar-refractivity contribution in [3.63, 3.8) is 0 Å². The van der Waals surface area contributed by atoms with Gasteiger partial charge in [0, 0.05) is 32.1 Å². The third kappa shape index (κ3) is 5.23. The summed E-state index contributed by atoms with van der Waals surface area (Å²) in [5, 5.41) is 0. The number of hydrogen-bond donors (Lipinski definition) is 0. The lowest BCUT2D eigenvalue weighted by Gasteiger charge is -2.51. The first-order valence-electron chi connectivity index (χ1n) is 15.4. The summed E-state index contributed by atoms with van der Waals surface area (Å²) >= 11 is 0. The molecule has 1 aliphatic carbocycles. The van der Waals surface area contributed by atoms with Gasteiger partial charge in [0.05, 0.1) is 5.92 Å². The number of carbonyl (C=O) groups excluding carboxylic acids is 2. The van der Waals surface area contributed by atoms with Crippen molar-refractivity contribution in [2.45, 2.75) is 44.4 Å². The van der Waals surface area contributed by atoms with Crippen molar-refractivity contribution >= 4 is 17.9 Å². The van der Waals surface area contributed by atoms with Crippen molar-refractivity contribution in [3.05, 3.63) is 65.8 Å². The highest BCUT2D eigenvalue weighted by Gasteiger charge is 2.53. The second-order valence-corrected chi connectivity index (χ2v) is 11.9. The number of carbonyl (C=O) groups is 2. The Bertz CT molecular complexity index is 1390. The minimum absolute atomic E-state index is 0.0249. The smallest absolute Gasteiger partial charge is 0.246 e. The van der Waals surface area contributed by atoms with Gasteiger partial charge in [-0.15, -0.1) is 0 Å². The molecule has 4 heterocycles. The maximum absolute atomic E-state index is 14.2. The summed E-state index contributed by atoms with van der Waals surface area (Å²) in [7, 11) is 0. The van der Waals surface area contributed by atoms with Crippen LogP contribution in [-0.2, 0) is 9.59 Å². The lowest BCUT2D eigenvalue weighted by molar-refractivity contribution is -0.144. The highest BCUT2D eigenvalue weighted by molar-refractivity contribution is 5.88. The van der Waals surface area contributed by atoms with Gasteiger partial charge in [-0.3, -0.25) is 9.59 Å². The van der Waals surface area contributed by atoms with Crippen LogP contribution in [0.15, 0.2) is 54.6 Å².